The molecule has 2 heterocycles. The van der Waals surface area contributed by atoms with E-state index in [1.807, 2.05) is 30.6 Å². The van der Waals surface area contributed by atoms with Crippen molar-refractivity contribution in [3.05, 3.63) is 41.1 Å². The van der Waals surface area contributed by atoms with Gasteiger partial charge in [0.05, 0.1) is 0 Å². The van der Waals surface area contributed by atoms with Gasteiger partial charge in [-0.05, 0) is 28.1 Å². The molecule has 2 N–H and O–H groups in total. The van der Waals surface area contributed by atoms with Crippen molar-refractivity contribution in [1.29, 1.82) is 0 Å². The molecule has 0 saturated heterocycles. The van der Waals surface area contributed by atoms with Gasteiger partial charge in [-0.15, -0.1) is 5.10 Å². The fourth-order valence-corrected chi connectivity index (χ4v) is 2.16. The molecule has 0 fully saturated rings. The van der Waals surface area contributed by atoms with Crippen LogP contribution in [0.2, 0.25) is 0 Å². The number of rotatable bonds is 2. The molecule has 2 aromatic heterocycles. The number of nitrogens with one attached hydrogen (secondary N) is 2. The van der Waals surface area contributed by atoms with Gasteiger partial charge in [-0.2, -0.15) is 0 Å². The molecule has 3 aromatic rings. The second-order valence-electron chi connectivity index (χ2n) is 3.44. The minimum atomic E-state index is 0.640. The number of tetrazole rings is 1. The predicted octanol–water partition coefficient (Wildman–Crippen LogP) is 2.42. The lowest BCUT2D eigenvalue weighted by molar-refractivity contribution is 0.881. The third kappa shape index (κ3) is 1.76. The Morgan fingerprint density at radius 2 is 2.06 bits per heavy atom. The lowest BCUT2D eigenvalue weighted by Gasteiger charge is -2.03. The summed E-state index contributed by atoms with van der Waals surface area (Å²) in [5.41, 5.74) is 3.03. The van der Waals surface area contributed by atoms with Crippen LogP contribution in [0.3, 0.4) is 0 Å². The van der Waals surface area contributed by atoms with E-state index in [0.717, 1.165) is 21.2 Å². The van der Waals surface area contributed by atoms with Crippen molar-refractivity contribution in [2.75, 3.05) is 0 Å². The average molecular weight is 289 g/mol. The summed E-state index contributed by atoms with van der Waals surface area (Å²) < 4.78 is 0.980. The van der Waals surface area contributed by atoms with Crippen LogP contribution in [0.4, 0.5) is 0 Å². The Balaban J connectivity index is 2.17. The van der Waals surface area contributed by atoms with Gasteiger partial charge in [-0.3, -0.25) is 0 Å². The lowest BCUT2D eigenvalue weighted by Crippen LogP contribution is -1.83. The number of aromatic nitrogens is 5. The van der Waals surface area contributed by atoms with E-state index in [-0.39, 0.29) is 0 Å². The summed E-state index contributed by atoms with van der Waals surface area (Å²) in [6.45, 7) is 0. The van der Waals surface area contributed by atoms with Gasteiger partial charge in [0.1, 0.15) is 0 Å². The van der Waals surface area contributed by atoms with Crippen molar-refractivity contribution in [2.24, 2.45) is 0 Å². The third-order valence-electron chi connectivity index (χ3n) is 2.45. The van der Waals surface area contributed by atoms with E-state index >= 15 is 0 Å². The number of hydrogen-bond acceptors (Lipinski definition) is 3. The largest absolute Gasteiger partial charge is 0.366 e. The van der Waals surface area contributed by atoms with Crippen LogP contribution in [0.1, 0.15) is 0 Å². The molecule has 3 rings (SSSR count). The van der Waals surface area contributed by atoms with Gasteiger partial charge in [0.2, 0.25) is 0 Å². The maximum atomic E-state index is 3.91. The van der Waals surface area contributed by atoms with E-state index in [1.165, 1.54) is 0 Å². The highest BCUT2D eigenvalue weighted by Crippen LogP contribution is 2.33. The van der Waals surface area contributed by atoms with E-state index in [1.54, 1.807) is 0 Å². The molecule has 0 spiro atoms. The predicted molar refractivity (Wildman–Crippen MR) is 65.9 cm³/mol. The highest BCUT2D eigenvalue weighted by molar-refractivity contribution is 9.10. The van der Waals surface area contributed by atoms with E-state index in [0.29, 0.717) is 5.82 Å². The summed E-state index contributed by atoms with van der Waals surface area (Å²) >= 11 is 3.51. The number of benzene rings is 1. The lowest BCUT2D eigenvalue weighted by atomic mass is 10.0. The summed E-state index contributed by atoms with van der Waals surface area (Å²) in [7, 11) is 0. The Kier molecular flexibility index (Phi) is 2.49. The zero-order chi connectivity index (χ0) is 11.7. The fraction of sp³-hybridized carbons (Fsp3) is 0. The zero-order valence-corrected chi connectivity index (χ0v) is 10.2. The molecular formula is C11H7BrN5. The molecule has 0 aliphatic carbocycles. The number of H-pyrrole nitrogens is 2. The smallest absolute Gasteiger partial charge is 0.181 e. The van der Waals surface area contributed by atoms with Gasteiger partial charge in [0.25, 0.3) is 0 Å². The molecule has 0 saturated carbocycles. The van der Waals surface area contributed by atoms with Crippen LogP contribution >= 0.6 is 15.9 Å². The fourth-order valence-electron chi connectivity index (χ4n) is 1.68. The Hall–Kier alpha value is -1.95. The minimum Gasteiger partial charge on any atom is -0.366 e. The summed E-state index contributed by atoms with van der Waals surface area (Å²) in [6, 6.07) is 8.75. The first-order chi connectivity index (χ1) is 8.36. The van der Waals surface area contributed by atoms with Crippen molar-refractivity contribution < 1.29 is 0 Å². The van der Waals surface area contributed by atoms with Gasteiger partial charge in [-0.25, -0.2) is 5.10 Å². The number of halogens is 1. The number of aromatic amines is 2. The van der Waals surface area contributed by atoms with Crippen molar-refractivity contribution in [1.82, 2.24) is 25.6 Å². The summed E-state index contributed by atoms with van der Waals surface area (Å²) in [5.74, 6) is 0.640. The number of nitrogens with zero attached hydrogens (tertiary/aromatic N) is 3. The van der Waals surface area contributed by atoms with Crippen molar-refractivity contribution in [2.45, 2.75) is 0 Å². The topological polar surface area (TPSA) is 70.2 Å². The van der Waals surface area contributed by atoms with Crippen molar-refractivity contribution in [3.8, 4) is 22.5 Å². The maximum absolute atomic E-state index is 3.91. The molecule has 0 aliphatic heterocycles. The molecule has 0 bridgehead atoms. The molecule has 1 aromatic carbocycles. The summed E-state index contributed by atoms with van der Waals surface area (Å²) in [5, 5.41) is 13.8. The van der Waals surface area contributed by atoms with Gasteiger partial charge in [0, 0.05) is 28.0 Å². The molecule has 0 amide bonds. The Bertz CT molecular complexity index is 629. The van der Waals surface area contributed by atoms with E-state index in [9.17, 15) is 0 Å². The second-order valence-corrected chi connectivity index (χ2v) is 4.29. The highest BCUT2D eigenvalue weighted by atomic mass is 79.9. The molecule has 0 unspecified atom stereocenters. The van der Waals surface area contributed by atoms with Gasteiger partial charge < -0.3 is 4.98 Å². The first kappa shape index (κ1) is 10.2. The third-order valence-corrected chi connectivity index (χ3v) is 3.11. The van der Waals surface area contributed by atoms with Gasteiger partial charge in [0.15, 0.2) is 5.82 Å². The molecule has 17 heavy (non-hydrogen) atoms. The maximum Gasteiger partial charge on any atom is 0.181 e. The van der Waals surface area contributed by atoms with E-state index in [4.69, 9.17) is 0 Å². The van der Waals surface area contributed by atoms with Gasteiger partial charge >= 0.3 is 0 Å². The standard InChI is InChI=1S/C11H7BrN5/c12-10-4-2-1-3-7(10)8-5-13-6-9(8)11-14-16-17-15-11/h1,3-6,13H,(H,14,15,16,17). The van der Waals surface area contributed by atoms with Crippen LogP contribution in [0.25, 0.3) is 22.5 Å². The second kappa shape index (κ2) is 4.14. The zero-order valence-electron chi connectivity index (χ0n) is 8.61. The first-order valence-electron chi connectivity index (χ1n) is 4.93. The van der Waals surface area contributed by atoms with E-state index in [2.05, 4.69) is 47.6 Å². The summed E-state index contributed by atoms with van der Waals surface area (Å²) in [6.07, 6.45) is 3.78. The Morgan fingerprint density at radius 3 is 2.82 bits per heavy atom. The SMILES string of the molecule is Brc1c[c]ccc1-c1c[nH]cc1-c1nnn[nH]1. The Labute approximate surface area is 105 Å². The molecule has 0 atom stereocenters. The van der Waals surface area contributed by atoms with Crippen LogP contribution in [0.15, 0.2) is 35.1 Å². The average Bonchev–Trinajstić information content (AvgIpc) is 3.00. The van der Waals surface area contributed by atoms with Crippen LogP contribution in [0, 0.1) is 6.07 Å². The van der Waals surface area contributed by atoms with E-state index < -0.39 is 0 Å². The molecule has 6 heteroatoms. The van der Waals surface area contributed by atoms with Crippen molar-refractivity contribution >= 4 is 15.9 Å². The molecule has 5 nitrogen and oxygen atoms in total. The molecule has 1 radical (unpaired) electrons. The van der Waals surface area contributed by atoms with Crippen LogP contribution < -0.4 is 0 Å². The van der Waals surface area contributed by atoms with Crippen LogP contribution in [-0.4, -0.2) is 25.6 Å². The summed E-state index contributed by atoms with van der Waals surface area (Å²) in [4.78, 5) is 3.07. The molecule has 0 aliphatic rings. The Morgan fingerprint density at radius 1 is 1.18 bits per heavy atom. The van der Waals surface area contributed by atoms with Gasteiger partial charge in [-0.1, -0.05) is 28.1 Å². The molecule has 83 valence electrons. The van der Waals surface area contributed by atoms with Crippen LogP contribution in [0.5, 0.6) is 0 Å². The first-order valence-corrected chi connectivity index (χ1v) is 5.72. The highest BCUT2D eigenvalue weighted by Gasteiger charge is 2.13. The molecular weight excluding hydrogens is 282 g/mol. The normalized spacial score (nSPS) is 10.6. The van der Waals surface area contributed by atoms with Crippen molar-refractivity contribution in [3.63, 3.8) is 0 Å². The van der Waals surface area contributed by atoms with Crippen LogP contribution in [-0.2, 0) is 0 Å². The monoisotopic (exact) mass is 288 g/mol. The minimum absolute atomic E-state index is 0.640. The quantitative estimate of drug-likeness (QED) is 0.761. The number of hydrogen-bond donors (Lipinski definition) is 2.